The predicted molar refractivity (Wildman–Crippen MR) is 123 cm³/mol. The summed E-state index contributed by atoms with van der Waals surface area (Å²) in [5, 5.41) is 8.52. The molecule has 0 aromatic heterocycles. The second kappa shape index (κ2) is 9.12. The second-order valence-corrected chi connectivity index (χ2v) is 7.91. The van der Waals surface area contributed by atoms with E-state index < -0.39 is 0 Å². The molecular weight excluding hydrogens is 422 g/mol. The highest BCUT2D eigenvalue weighted by molar-refractivity contribution is 6.04. The normalized spacial score (nSPS) is 13.8. The van der Waals surface area contributed by atoms with Gasteiger partial charge in [-0.15, -0.1) is 0 Å². The Balaban J connectivity index is 1.16. The minimum absolute atomic E-state index is 0.218. The average molecular weight is 445 g/mol. The lowest BCUT2D eigenvalue weighted by molar-refractivity contribution is 0.102. The lowest BCUT2D eigenvalue weighted by atomic mass is 10.1. The highest BCUT2D eigenvalue weighted by Crippen LogP contribution is 2.35. The highest BCUT2D eigenvalue weighted by Gasteiger charge is 2.23. The number of carbonyl (C=O) groups excluding carboxylic acids is 2. The van der Waals surface area contributed by atoms with Crippen LogP contribution >= 0.6 is 0 Å². The molecule has 3 aromatic carbocycles. The SMILES string of the molecule is O=C(Nc1ccc(C(=O)Nc2cccc(COc3ccc4c(c3)OCO4)c2)cc1)NC1CC1. The van der Waals surface area contributed by atoms with Gasteiger partial charge in [-0.1, -0.05) is 12.1 Å². The Morgan fingerprint density at radius 1 is 0.879 bits per heavy atom. The van der Waals surface area contributed by atoms with E-state index in [1.165, 1.54) is 0 Å². The number of urea groups is 1. The summed E-state index contributed by atoms with van der Waals surface area (Å²) >= 11 is 0. The third-order valence-electron chi connectivity index (χ3n) is 5.25. The van der Waals surface area contributed by atoms with Gasteiger partial charge in [-0.2, -0.15) is 0 Å². The molecule has 8 heteroatoms. The Bertz CT molecular complexity index is 1170. The number of nitrogens with one attached hydrogen (secondary N) is 3. The first-order valence-corrected chi connectivity index (χ1v) is 10.7. The number of anilines is 2. The van der Waals surface area contributed by atoms with Crippen molar-refractivity contribution in [3.05, 3.63) is 77.9 Å². The van der Waals surface area contributed by atoms with Gasteiger partial charge in [0.25, 0.3) is 5.91 Å². The first-order valence-electron chi connectivity index (χ1n) is 10.7. The van der Waals surface area contributed by atoms with Crippen LogP contribution in [0.2, 0.25) is 0 Å². The van der Waals surface area contributed by atoms with Gasteiger partial charge in [-0.3, -0.25) is 4.79 Å². The van der Waals surface area contributed by atoms with Crippen molar-refractivity contribution in [3.8, 4) is 17.2 Å². The Labute approximate surface area is 190 Å². The molecule has 168 valence electrons. The second-order valence-electron chi connectivity index (χ2n) is 7.91. The standard InChI is InChI=1S/C25H23N3O5/c29-24(17-4-6-18(7-5-17)27-25(30)28-19-8-9-19)26-20-3-1-2-16(12-20)14-31-21-10-11-22-23(13-21)33-15-32-22/h1-7,10-13,19H,8-9,14-15H2,(H,26,29)(H2,27,28,30). The van der Waals surface area contributed by atoms with Gasteiger partial charge < -0.3 is 30.2 Å². The zero-order valence-corrected chi connectivity index (χ0v) is 17.8. The lowest BCUT2D eigenvalue weighted by Gasteiger charge is -2.10. The molecule has 3 aromatic rings. The highest BCUT2D eigenvalue weighted by atomic mass is 16.7. The molecule has 8 nitrogen and oxygen atoms in total. The van der Waals surface area contributed by atoms with E-state index in [0.29, 0.717) is 40.8 Å². The molecular formula is C25H23N3O5. The van der Waals surface area contributed by atoms with Crippen LogP contribution in [-0.2, 0) is 6.61 Å². The molecule has 0 radical (unpaired) electrons. The van der Waals surface area contributed by atoms with Crippen LogP contribution in [0.25, 0.3) is 0 Å². The van der Waals surface area contributed by atoms with E-state index in [-0.39, 0.29) is 24.8 Å². The van der Waals surface area contributed by atoms with Gasteiger partial charge in [0.15, 0.2) is 11.5 Å². The predicted octanol–water partition coefficient (Wildman–Crippen LogP) is 4.53. The zero-order chi connectivity index (χ0) is 22.6. The zero-order valence-electron chi connectivity index (χ0n) is 17.8. The number of carbonyl (C=O) groups is 2. The van der Waals surface area contributed by atoms with Crippen LogP contribution in [0.1, 0.15) is 28.8 Å². The largest absolute Gasteiger partial charge is 0.489 e. The minimum Gasteiger partial charge on any atom is -0.489 e. The monoisotopic (exact) mass is 445 g/mol. The van der Waals surface area contributed by atoms with Crippen molar-refractivity contribution in [2.75, 3.05) is 17.4 Å². The van der Waals surface area contributed by atoms with Gasteiger partial charge in [0, 0.05) is 29.0 Å². The third kappa shape index (κ3) is 5.35. The maximum absolute atomic E-state index is 12.6. The van der Waals surface area contributed by atoms with Crippen LogP contribution in [0, 0.1) is 0 Å². The number of hydrogen-bond donors (Lipinski definition) is 3. The Hall–Kier alpha value is -4.20. The van der Waals surface area contributed by atoms with Crippen molar-refractivity contribution in [2.45, 2.75) is 25.5 Å². The number of amides is 3. The molecule has 0 bridgehead atoms. The summed E-state index contributed by atoms with van der Waals surface area (Å²) in [5.74, 6) is 1.81. The molecule has 0 spiro atoms. The van der Waals surface area contributed by atoms with Crippen LogP contribution in [0.5, 0.6) is 17.2 Å². The Morgan fingerprint density at radius 3 is 2.52 bits per heavy atom. The first-order chi connectivity index (χ1) is 16.1. The number of hydrogen-bond acceptors (Lipinski definition) is 5. The average Bonchev–Trinajstić information content (AvgIpc) is 3.50. The summed E-state index contributed by atoms with van der Waals surface area (Å²) in [6.45, 7) is 0.558. The van der Waals surface area contributed by atoms with Crippen molar-refractivity contribution < 1.29 is 23.8 Å². The molecule has 3 N–H and O–H groups in total. The Morgan fingerprint density at radius 2 is 1.70 bits per heavy atom. The molecule has 33 heavy (non-hydrogen) atoms. The maximum atomic E-state index is 12.6. The first kappa shape index (κ1) is 20.7. The molecule has 2 aliphatic rings. The van der Waals surface area contributed by atoms with E-state index in [0.717, 1.165) is 18.4 Å². The van der Waals surface area contributed by atoms with E-state index in [1.807, 2.05) is 36.4 Å². The summed E-state index contributed by atoms with van der Waals surface area (Å²) in [7, 11) is 0. The van der Waals surface area contributed by atoms with Gasteiger partial charge in [0.2, 0.25) is 6.79 Å². The molecule has 1 aliphatic carbocycles. The van der Waals surface area contributed by atoms with Gasteiger partial charge in [-0.05, 0) is 66.9 Å². The molecule has 0 unspecified atom stereocenters. The topological polar surface area (TPSA) is 97.9 Å². The molecule has 3 amide bonds. The van der Waals surface area contributed by atoms with Crippen LogP contribution in [0.15, 0.2) is 66.7 Å². The van der Waals surface area contributed by atoms with Crippen LogP contribution < -0.4 is 30.2 Å². The van der Waals surface area contributed by atoms with Gasteiger partial charge >= 0.3 is 6.03 Å². The molecule has 1 heterocycles. The van der Waals surface area contributed by atoms with Crippen LogP contribution in [-0.4, -0.2) is 24.8 Å². The molecule has 0 saturated heterocycles. The molecule has 1 fully saturated rings. The molecule has 1 saturated carbocycles. The number of fused-ring (bicyclic) bond motifs is 1. The van der Waals surface area contributed by atoms with Crippen molar-refractivity contribution in [1.29, 1.82) is 0 Å². The molecule has 0 atom stereocenters. The summed E-state index contributed by atoms with van der Waals surface area (Å²) in [4.78, 5) is 24.5. The van der Waals surface area contributed by atoms with E-state index >= 15 is 0 Å². The fraction of sp³-hybridized carbons (Fsp3) is 0.200. The van der Waals surface area contributed by atoms with Crippen LogP contribution in [0.3, 0.4) is 0 Å². The molecule has 5 rings (SSSR count). The van der Waals surface area contributed by atoms with Crippen molar-refractivity contribution >= 4 is 23.3 Å². The van der Waals surface area contributed by atoms with E-state index in [2.05, 4.69) is 16.0 Å². The van der Waals surface area contributed by atoms with E-state index in [1.54, 1.807) is 30.3 Å². The van der Waals surface area contributed by atoms with Gasteiger partial charge in [0.05, 0.1) is 0 Å². The van der Waals surface area contributed by atoms with Gasteiger partial charge in [0.1, 0.15) is 12.4 Å². The van der Waals surface area contributed by atoms with Crippen molar-refractivity contribution in [1.82, 2.24) is 5.32 Å². The third-order valence-corrected chi connectivity index (χ3v) is 5.25. The molecule has 1 aliphatic heterocycles. The fourth-order valence-corrected chi connectivity index (χ4v) is 3.36. The summed E-state index contributed by atoms with van der Waals surface area (Å²) < 4.78 is 16.5. The maximum Gasteiger partial charge on any atom is 0.319 e. The summed E-state index contributed by atoms with van der Waals surface area (Å²) in [5.41, 5.74) is 2.70. The number of ether oxygens (including phenoxy) is 3. The summed E-state index contributed by atoms with van der Waals surface area (Å²) in [6.07, 6.45) is 2.05. The van der Waals surface area contributed by atoms with E-state index in [9.17, 15) is 9.59 Å². The number of rotatable bonds is 7. The van der Waals surface area contributed by atoms with Crippen LogP contribution in [0.4, 0.5) is 16.2 Å². The van der Waals surface area contributed by atoms with Gasteiger partial charge in [-0.25, -0.2) is 4.79 Å². The van der Waals surface area contributed by atoms with E-state index in [4.69, 9.17) is 14.2 Å². The van der Waals surface area contributed by atoms with Crippen molar-refractivity contribution in [2.24, 2.45) is 0 Å². The smallest absolute Gasteiger partial charge is 0.319 e. The quantitative estimate of drug-likeness (QED) is 0.496. The Kier molecular flexibility index (Phi) is 5.72. The van der Waals surface area contributed by atoms with Crippen molar-refractivity contribution in [3.63, 3.8) is 0 Å². The summed E-state index contributed by atoms with van der Waals surface area (Å²) in [6, 6.07) is 19.7. The minimum atomic E-state index is -0.238. The fourth-order valence-electron chi connectivity index (χ4n) is 3.36. The number of benzene rings is 3. The lowest BCUT2D eigenvalue weighted by Crippen LogP contribution is -2.30.